The maximum atomic E-state index is 12.5. The molecule has 0 fully saturated rings. The van der Waals surface area contributed by atoms with Crippen LogP contribution in [0.2, 0.25) is 0 Å². The van der Waals surface area contributed by atoms with Crippen molar-refractivity contribution in [3.63, 3.8) is 0 Å². The molecular formula is C40H81NO5. The Morgan fingerprint density at radius 1 is 0.500 bits per heavy atom. The molecule has 6 nitrogen and oxygen atoms in total. The first-order chi connectivity index (χ1) is 22.3. The highest BCUT2D eigenvalue weighted by molar-refractivity contribution is 5.80. The highest BCUT2D eigenvalue weighted by Gasteiger charge is 2.28. The predicted molar refractivity (Wildman–Crippen MR) is 196 cm³/mol. The van der Waals surface area contributed by atoms with Gasteiger partial charge in [0.25, 0.3) is 0 Å². The van der Waals surface area contributed by atoms with Crippen molar-refractivity contribution in [3.05, 3.63) is 0 Å². The summed E-state index contributed by atoms with van der Waals surface area (Å²) in [5.74, 6) is 0.273. The second-order valence-electron chi connectivity index (χ2n) is 14.8. The Morgan fingerprint density at radius 3 is 1.17 bits per heavy atom. The quantitative estimate of drug-likeness (QED) is 0.0432. The summed E-state index contributed by atoms with van der Waals surface area (Å²) in [7, 11) is 0. The number of carbonyl (C=O) groups is 1. The molecule has 0 rings (SSSR count). The Kier molecular flexibility index (Phi) is 33.7. The van der Waals surface area contributed by atoms with Gasteiger partial charge in [-0.15, -0.1) is 0 Å². The summed E-state index contributed by atoms with van der Waals surface area (Å²) in [5.41, 5.74) is 0. The number of rotatable bonds is 36. The van der Waals surface area contributed by atoms with Crippen LogP contribution in [-0.4, -0.2) is 57.3 Å². The smallest absolute Gasteiger partial charge is 0.249 e. The van der Waals surface area contributed by atoms with Crippen molar-refractivity contribution in [2.45, 2.75) is 238 Å². The summed E-state index contributed by atoms with van der Waals surface area (Å²) in [6.07, 6.45) is 32.7. The highest BCUT2D eigenvalue weighted by Crippen LogP contribution is 2.17. The van der Waals surface area contributed by atoms with Crippen molar-refractivity contribution < 1.29 is 25.2 Å². The van der Waals surface area contributed by atoms with Gasteiger partial charge in [0.05, 0.1) is 18.8 Å². The van der Waals surface area contributed by atoms with Crippen molar-refractivity contribution in [2.24, 2.45) is 5.92 Å². The fourth-order valence-corrected chi connectivity index (χ4v) is 6.47. The molecule has 3 unspecified atom stereocenters. The Balaban J connectivity index is 3.69. The standard InChI is InChI=1S/C40H81NO5/c1-4-5-6-7-8-9-20-23-26-29-32-37(43)39(45)36(34-42)41-40(46)38(44)33-30-27-24-21-18-16-14-12-10-11-13-15-17-19-22-25-28-31-35(2)3/h35-39,42-45H,4-34H2,1-3H3,(H,41,46)/t36?,37?,38-,39?/m1/s1. The van der Waals surface area contributed by atoms with Crippen molar-refractivity contribution in [1.29, 1.82) is 0 Å². The molecule has 0 aromatic heterocycles. The van der Waals surface area contributed by atoms with Crippen LogP contribution < -0.4 is 5.32 Å². The van der Waals surface area contributed by atoms with E-state index in [1.165, 1.54) is 141 Å². The van der Waals surface area contributed by atoms with Gasteiger partial charge < -0.3 is 25.7 Å². The first-order valence-electron chi connectivity index (χ1n) is 20.3. The van der Waals surface area contributed by atoms with Gasteiger partial charge in [-0.1, -0.05) is 201 Å². The van der Waals surface area contributed by atoms with Gasteiger partial charge in [-0.25, -0.2) is 0 Å². The zero-order chi connectivity index (χ0) is 34.1. The van der Waals surface area contributed by atoms with E-state index < -0.39 is 36.9 Å². The van der Waals surface area contributed by atoms with E-state index in [0.29, 0.717) is 12.8 Å². The molecular weight excluding hydrogens is 574 g/mol. The molecule has 276 valence electrons. The number of hydrogen-bond acceptors (Lipinski definition) is 5. The third-order valence-electron chi connectivity index (χ3n) is 9.75. The summed E-state index contributed by atoms with van der Waals surface area (Å²) in [6, 6.07) is -0.977. The third-order valence-corrected chi connectivity index (χ3v) is 9.75. The van der Waals surface area contributed by atoms with E-state index in [-0.39, 0.29) is 0 Å². The number of hydrogen-bond donors (Lipinski definition) is 5. The molecule has 1 amide bonds. The van der Waals surface area contributed by atoms with E-state index in [9.17, 15) is 25.2 Å². The van der Waals surface area contributed by atoms with Crippen LogP contribution in [0.5, 0.6) is 0 Å². The lowest BCUT2D eigenvalue weighted by Gasteiger charge is -2.27. The number of carbonyl (C=O) groups excluding carboxylic acids is 1. The topological polar surface area (TPSA) is 110 Å². The minimum Gasteiger partial charge on any atom is -0.394 e. The maximum Gasteiger partial charge on any atom is 0.249 e. The lowest BCUT2D eigenvalue weighted by atomic mass is 9.99. The summed E-state index contributed by atoms with van der Waals surface area (Å²) in [6.45, 7) is 6.39. The molecule has 0 aromatic carbocycles. The van der Waals surface area contributed by atoms with Crippen molar-refractivity contribution >= 4 is 5.91 Å². The van der Waals surface area contributed by atoms with Crippen LogP contribution in [0.15, 0.2) is 0 Å². The lowest BCUT2D eigenvalue weighted by molar-refractivity contribution is -0.132. The van der Waals surface area contributed by atoms with E-state index >= 15 is 0 Å². The molecule has 0 aliphatic rings. The number of nitrogens with one attached hydrogen (secondary N) is 1. The monoisotopic (exact) mass is 656 g/mol. The largest absolute Gasteiger partial charge is 0.394 e. The molecule has 5 N–H and O–H groups in total. The van der Waals surface area contributed by atoms with Crippen LogP contribution >= 0.6 is 0 Å². The van der Waals surface area contributed by atoms with Gasteiger partial charge in [0.15, 0.2) is 0 Å². The molecule has 6 heteroatoms. The zero-order valence-corrected chi connectivity index (χ0v) is 31.0. The van der Waals surface area contributed by atoms with E-state index in [0.717, 1.165) is 44.4 Å². The molecule has 46 heavy (non-hydrogen) atoms. The molecule has 0 spiro atoms. The third kappa shape index (κ3) is 29.4. The van der Waals surface area contributed by atoms with E-state index in [2.05, 4.69) is 26.1 Å². The molecule has 4 atom stereocenters. The fourth-order valence-electron chi connectivity index (χ4n) is 6.47. The van der Waals surface area contributed by atoms with Crippen molar-refractivity contribution in [2.75, 3.05) is 6.61 Å². The number of aliphatic hydroxyl groups is 4. The summed E-state index contributed by atoms with van der Waals surface area (Å²) < 4.78 is 0. The maximum absolute atomic E-state index is 12.5. The first kappa shape index (κ1) is 45.3. The Labute approximate surface area is 286 Å². The number of unbranched alkanes of at least 4 members (excludes halogenated alkanes) is 25. The molecule has 0 saturated carbocycles. The van der Waals surface area contributed by atoms with Gasteiger partial charge in [-0.2, -0.15) is 0 Å². The van der Waals surface area contributed by atoms with Crippen LogP contribution in [0.25, 0.3) is 0 Å². The second kappa shape index (κ2) is 34.2. The van der Waals surface area contributed by atoms with Gasteiger partial charge >= 0.3 is 0 Å². The van der Waals surface area contributed by atoms with E-state index in [4.69, 9.17) is 0 Å². The highest BCUT2D eigenvalue weighted by atomic mass is 16.3. The Bertz CT molecular complexity index is 631. The average Bonchev–Trinajstić information content (AvgIpc) is 3.04. The first-order valence-corrected chi connectivity index (χ1v) is 20.3. The molecule has 0 bridgehead atoms. The Hall–Kier alpha value is -0.690. The van der Waals surface area contributed by atoms with Crippen LogP contribution in [-0.2, 0) is 4.79 Å². The SMILES string of the molecule is CCCCCCCCCCCCC(O)C(O)C(CO)NC(=O)[C@H](O)CCCCCCCCCCCCCCCCCCCC(C)C. The summed E-state index contributed by atoms with van der Waals surface area (Å²) in [4.78, 5) is 12.5. The van der Waals surface area contributed by atoms with Gasteiger partial charge in [0.1, 0.15) is 12.2 Å². The van der Waals surface area contributed by atoms with Crippen molar-refractivity contribution in [3.8, 4) is 0 Å². The zero-order valence-electron chi connectivity index (χ0n) is 31.0. The van der Waals surface area contributed by atoms with Crippen LogP contribution in [0.1, 0.15) is 213 Å². The van der Waals surface area contributed by atoms with Crippen LogP contribution in [0.4, 0.5) is 0 Å². The van der Waals surface area contributed by atoms with Gasteiger partial charge in [0, 0.05) is 0 Å². The lowest BCUT2D eigenvalue weighted by Crippen LogP contribution is -2.53. The van der Waals surface area contributed by atoms with Crippen molar-refractivity contribution in [1.82, 2.24) is 5.32 Å². The predicted octanol–water partition coefficient (Wildman–Crippen LogP) is 9.93. The molecule has 0 aliphatic heterocycles. The summed E-state index contributed by atoms with van der Waals surface area (Å²) in [5, 5.41) is 43.5. The molecule has 0 saturated heterocycles. The van der Waals surface area contributed by atoms with E-state index in [1.807, 2.05) is 0 Å². The minimum absolute atomic E-state index is 0.374. The van der Waals surface area contributed by atoms with Gasteiger partial charge in [0.2, 0.25) is 5.91 Å². The molecule has 0 radical (unpaired) electrons. The second-order valence-corrected chi connectivity index (χ2v) is 14.8. The van der Waals surface area contributed by atoms with Crippen LogP contribution in [0.3, 0.4) is 0 Å². The molecule has 0 heterocycles. The fraction of sp³-hybridized carbons (Fsp3) is 0.975. The average molecular weight is 656 g/mol. The van der Waals surface area contributed by atoms with Crippen LogP contribution in [0, 0.1) is 5.92 Å². The number of aliphatic hydroxyl groups excluding tert-OH is 4. The normalized spacial score (nSPS) is 14.4. The van der Waals surface area contributed by atoms with Gasteiger partial charge in [-0.05, 0) is 18.8 Å². The van der Waals surface area contributed by atoms with Gasteiger partial charge in [-0.3, -0.25) is 4.79 Å². The summed E-state index contributed by atoms with van der Waals surface area (Å²) >= 11 is 0. The molecule has 0 aromatic rings. The Morgan fingerprint density at radius 2 is 0.826 bits per heavy atom. The minimum atomic E-state index is -1.25. The number of amides is 1. The van der Waals surface area contributed by atoms with E-state index in [1.54, 1.807) is 0 Å². The molecule has 0 aliphatic carbocycles.